The van der Waals surface area contributed by atoms with Crippen molar-refractivity contribution in [2.24, 2.45) is 5.92 Å². The topological polar surface area (TPSA) is 67.4 Å². The lowest BCUT2D eigenvalue weighted by molar-refractivity contribution is -0.137. The third kappa shape index (κ3) is 5.07. The van der Waals surface area contributed by atoms with Gasteiger partial charge >= 0.3 is 0 Å². The fraction of sp³-hybridized carbons (Fsp3) is 0.706. The van der Waals surface area contributed by atoms with E-state index in [4.69, 9.17) is 4.74 Å². The van der Waals surface area contributed by atoms with Gasteiger partial charge in [-0.15, -0.1) is 0 Å². The number of hydrogen-bond donors (Lipinski definition) is 1. The van der Waals surface area contributed by atoms with E-state index in [9.17, 15) is 13.6 Å². The van der Waals surface area contributed by atoms with Crippen LogP contribution in [0.2, 0.25) is 0 Å². The number of aromatic nitrogens is 2. The van der Waals surface area contributed by atoms with Crippen molar-refractivity contribution in [1.29, 1.82) is 0 Å². The summed E-state index contributed by atoms with van der Waals surface area (Å²) in [5.41, 5.74) is 0. The zero-order valence-corrected chi connectivity index (χ0v) is 14.2. The average Bonchev–Trinajstić information content (AvgIpc) is 2.78. The van der Waals surface area contributed by atoms with E-state index in [-0.39, 0.29) is 37.4 Å². The Morgan fingerprint density at radius 2 is 2.08 bits per heavy atom. The summed E-state index contributed by atoms with van der Waals surface area (Å²) in [5.74, 6) is -2.56. The summed E-state index contributed by atoms with van der Waals surface area (Å²) in [6.07, 6.45) is 7.54. The molecule has 1 amide bonds. The highest BCUT2D eigenvalue weighted by atomic mass is 19.3. The molecule has 2 atom stereocenters. The first kappa shape index (κ1) is 18.0. The molecule has 1 saturated heterocycles. The second kappa shape index (κ2) is 8.03. The molecule has 2 fully saturated rings. The van der Waals surface area contributed by atoms with Crippen LogP contribution in [0.5, 0.6) is 0 Å². The van der Waals surface area contributed by atoms with Crippen molar-refractivity contribution in [3.05, 3.63) is 18.5 Å². The van der Waals surface area contributed by atoms with Gasteiger partial charge in [0.25, 0.3) is 5.92 Å². The summed E-state index contributed by atoms with van der Waals surface area (Å²) < 4.78 is 32.2. The summed E-state index contributed by atoms with van der Waals surface area (Å²) >= 11 is 0. The predicted molar refractivity (Wildman–Crippen MR) is 88.4 cm³/mol. The van der Waals surface area contributed by atoms with Crippen LogP contribution >= 0.6 is 0 Å². The SMILES string of the molecule is O=C(C[C@@H]1CCCC[C@@H]1Nc1ncccn1)N1CCOCC(F)(F)C1. The van der Waals surface area contributed by atoms with E-state index in [0.29, 0.717) is 5.95 Å². The van der Waals surface area contributed by atoms with Gasteiger partial charge in [0.05, 0.1) is 13.2 Å². The van der Waals surface area contributed by atoms with Crippen molar-refractivity contribution in [1.82, 2.24) is 14.9 Å². The first-order valence-corrected chi connectivity index (χ1v) is 8.80. The van der Waals surface area contributed by atoms with Gasteiger partial charge in [-0.3, -0.25) is 4.79 Å². The standard InChI is InChI=1S/C17H24F2N4O2/c18-17(19)11-23(8-9-25-12-17)15(24)10-13-4-1-2-5-14(13)22-16-20-6-3-7-21-16/h3,6-7,13-14H,1-2,4-5,8-12H2,(H,20,21,22)/t13-,14-/m0/s1. The maximum Gasteiger partial charge on any atom is 0.288 e. The Bertz CT molecular complexity index is 573. The summed E-state index contributed by atoms with van der Waals surface area (Å²) in [4.78, 5) is 22.2. The van der Waals surface area contributed by atoms with Crippen molar-refractivity contribution in [2.75, 3.05) is 31.6 Å². The average molecular weight is 354 g/mol. The van der Waals surface area contributed by atoms with Crippen LogP contribution in [0, 0.1) is 5.92 Å². The van der Waals surface area contributed by atoms with E-state index in [2.05, 4.69) is 15.3 Å². The third-order valence-electron chi connectivity index (χ3n) is 4.82. The Hall–Kier alpha value is -1.83. The molecule has 1 aromatic rings. The monoisotopic (exact) mass is 354 g/mol. The minimum atomic E-state index is -2.98. The molecule has 1 aromatic heterocycles. The van der Waals surface area contributed by atoms with Gasteiger partial charge in [0, 0.05) is 31.4 Å². The molecule has 3 rings (SSSR count). The second-order valence-corrected chi connectivity index (χ2v) is 6.80. The highest BCUT2D eigenvalue weighted by Crippen LogP contribution is 2.30. The van der Waals surface area contributed by atoms with E-state index in [1.54, 1.807) is 18.5 Å². The molecular formula is C17H24F2N4O2. The molecule has 2 aliphatic rings. The van der Waals surface area contributed by atoms with Crippen LogP contribution in [-0.4, -0.2) is 59.0 Å². The number of rotatable bonds is 4. The number of amides is 1. The van der Waals surface area contributed by atoms with Crippen molar-refractivity contribution in [2.45, 2.75) is 44.1 Å². The van der Waals surface area contributed by atoms with Crippen LogP contribution in [0.3, 0.4) is 0 Å². The summed E-state index contributed by atoms with van der Waals surface area (Å²) in [7, 11) is 0. The Kier molecular flexibility index (Phi) is 5.78. The lowest BCUT2D eigenvalue weighted by atomic mass is 9.82. The van der Waals surface area contributed by atoms with Gasteiger partial charge in [-0.1, -0.05) is 12.8 Å². The Labute approximate surface area is 146 Å². The molecule has 1 aliphatic carbocycles. The van der Waals surface area contributed by atoms with Crippen LogP contribution in [-0.2, 0) is 9.53 Å². The largest absolute Gasteiger partial charge is 0.373 e. The van der Waals surface area contributed by atoms with Gasteiger partial charge in [-0.25, -0.2) is 18.7 Å². The fourth-order valence-electron chi connectivity index (χ4n) is 3.55. The van der Waals surface area contributed by atoms with Gasteiger partial charge in [0.15, 0.2) is 0 Å². The molecular weight excluding hydrogens is 330 g/mol. The molecule has 138 valence electrons. The number of anilines is 1. The van der Waals surface area contributed by atoms with Crippen LogP contribution in [0.15, 0.2) is 18.5 Å². The normalized spacial score (nSPS) is 26.7. The molecule has 0 aromatic carbocycles. The van der Waals surface area contributed by atoms with E-state index in [1.807, 2.05) is 0 Å². The van der Waals surface area contributed by atoms with Crippen LogP contribution in [0.4, 0.5) is 14.7 Å². The molecule has 8 heteroatoms. The number of nitrogens with one attached hydrogen (secondary N) is 1. The zero-order valence-electron chi connectivity index (χ0n) is 14.2. The highest BCUT2D eigenvalue weighted by Gasteiger charge is 2.37. The maximum atomic E-state index is 13.7. The van der Waals surface area contributed by atoms with Crippen molar-refractivity contribution in [3.8, 4) is 0 Å². The number of halogens is 2. The van der Waals surface area contributed by atoms with Crippen molar-refractivity contribution < 1.29 is 18.3 Å². The van der Waals surface area contributed by atoms with Crippen LogP contribution < -0.4 is 5.32 Å². The Morgan fingerprint density at radius 3 is 2.88 bits per heavy atom. The number of hydrogen-bond acceptors (Lipinski definition) is 5. The summed E-state index contributed by atoms with van der Waals surface area (Å²) in [6.45, 7) is -0.791. The van der Waals surface area contributed by atoms with Gasteiger partial charge in [0.1, 0.15) is 6.61 Å². The van der Waals surface area contributed by atoms with Crippen LogP contribution in [0.25, 0.3) is 0 Å². The first-order chi connectivity index (χ1) is 12.0. The maximum absolute atomic E-state index is 13.7. The number of carbonyl (C=O) groups excluding carboxylic acids is 1. The molecule has 0 bridgehead atoms. The fourth-order valence-corrected chi connectivity index (χ4v) is 3.55. The molecule has 0 unspecified atom stereocenters. The molecule has 1 aliphatic heterocycles. The summed E-state index contributed by atoms with van der Waals surface area (Å²) in [5, 5.41) is 3.30. The van der Waals surface area contributed by atoms with Gasteiger partial charge in [-0.05, 0) is 24.8 Å². The van der Waals surface area contributed by atoms with Gasteiger partial charge in [0.2, 0.25) is 11.9 Å². The van der Waals surface area contributed by atoms with E-state index in [1.165, 1.54) is 4.90 Å². The first-order valence-electron chi connectivity index (χ1n) is 8.80. The third-order valence-corrected chi connectivity index (χ3v) is 4.82. The Balaban J connectivity index is 1.61. The molecule has 25 heavy (non-hydrogen) atoms. The lowest BCUT2D eigenvalue weighted by Crippen LogP contribution is -2.43. The molecule has 1 saturated carbocycles. The van der Waals surface area contributed by atoms with E-state index in [0.717, 1.165) is 25.7 Å². The number of alkyl halides is 2. The number of nitrogens with zero attached hydrogens (tertiary/aromatic N) is 3. The van der Waals surface area contributed by atoms with E-state index >= 15 is 0 Å². The molecule has 1 N–H and O–H groups in total. The second-order valence-electron chi connectivity index (χ2n) is 6.80. The lowest BCUT2D eigenvalue weighted by Gasteiger charge is -2.33. The van der Waals surface area contributed by atoms with E-state index < -0.39 is 19.1 Å². The van der Waals surface area contributed by atoms with Gasteiger partial charge in [-0.2, -0.15) is 0 Å². The number of carbonyl (C=O) groups is 1. The zero-order chi connectivity index (χ0) is 17.7. The molecule has 0 radical (unpaired) electrons. The molecule has 6 nitrogen and oxygen atoms in total. The van der Waals surface area contributed by atoms with Crippen molar-refractivity contribution >= 4 is 11.9 Å². The number of ether oxygens (including phenoxy) is 1. The van der Waals surface area contributed by atoms with Gasteiger partial charge < -0.3 is 15.0 Å². The smallest absolute Gasteiger partial charge is 0.288 e. The quantitative estimate of drug-likeness (QED) is 0.899. The molecule has 0 spiro atoms. The van der Waals surface area contributed by atoms with Crippen molar-refractivity contribution in [3.63, 3.8) is 0 Å². The summed E-state index contributed by atoms with van der Waals surface area (Å²) in [6, 6.07) is 1.83. The predicted octanol–water partition coefficient (Wildman–Crippen LogP) is 2.33. The minimum absolute atomic E-state index is 0.0869. The minimum Gasteiger partial charge on any atom is -0.373 e. The highest BCUT2D eigenvalue weighted by molar-refractivity contribution is 5.76. The Morgan fingerprint density at radius 1 is 1.32 bits per heavy atom. The van der Waals surface area contributed by atoms with Crippen LogP contribution in [0.1, 0.15) is 32.1 Å². The molecule has 2 heterocycles.